The van der Waals surface area contributed by atoms with E-state index in [0.717, 1.165) is 6.61 Å². The summed E-state index contributed by atoms with van der Waals surface area (Å²) in [4.78, 5) is 0. The number of benzene rings is 1. The molecule has 0 aliphatic heterocycles. The van der Waals surface area contributed by atoms with Gasteiger partial charge in [0, 0.05) is 6.61 Å². The van der Waals surface area contributed by atoms with Gasteiger partial charge in [-0.3, -0.25) is 0 Å². The molecule has 0 N–H and O–H groups in total. The van der Waals surface area contributed by atoms with Gasteiger partial charge in [-0.1, -0.05) is 43.7 Å². The van der Waals surface area contributed by atoms with Gasteiger partial charge in [0.25, 0.3) is 0 Å². The van der Waals surface area contributed by atoms with Gasteiger partial charge in [-0.25, -0.2) is 0 Å². The molecule has 0 heterocycles. The van der Waals surface area contributed by atoms with Gasteiger partial charge < -0.3 is 4.43 Å². The SMILES string of the molecule is CCCCO[Si](C)(C)c1ccccc1. The molecule has 0 fully saturated rings. The molecule has 1 aromatic carbocycles. The number of hydrogen-bond donors (Lipinski definition) is 0. The first kappa shape index (κ1) is 11.5. The fourth-order valence-electron chi connectivity index (χ4n) is 1.39. The second-order valence-electron chi connectivity index (χ2n) is 4.08. The molecule has 0 saturated heterocycles. The zero-order chi connectivity index (χ0) is 10.4. The van der Waals surface area contributed by atoms with E-state index in [-0.39, 0.29) is 0 Å². The van der Waals surface area contributed by atoms with Crippen molar-refractivity contribution in [2.24, 2.45) is 0 Å². The summed E-state index contributed by atoms with van der Waals surface area (Å²) < 4.78 is 5.99. The Hall–Kier alpha value is -0.603. The first-order chi connectivity index (χ1) is 6.67. The third-order valence-electron chi connectivity index (χ3n) is 2.43. The van der Waals surface area contributed by atoms with Gasteiger partial charge in [0.1, 0.15) is 0 Å². The molecule has 0 saturated carbocycles. The number of rotatable bonds is 5. The summed E-state index contributed by atoms with van der Waals surface area (Å²) in [6.45, 7) is 7.63. The monoisotopic (exact) mass is 208 g/mol. The fraction of sp³-hybridized carbons (Fsp3) is 0.500. The molecule has 0 aromatic heterocycles. The molecule has 0 bridgehead atoms. The fourth-order valence-corrected chi connectivity index (χ4v) is 3.21. The van der Waals surface area contributed by atoms with Gasteiger partial charge in [0.2, 0.25) is 8.32 Å². The second-order valence-corrected chi connectivity index (χ2v) is 7.96. The summed E-state index contributed by atoms with van der Waals surface area (Å²) in [5, 5.41) is 1.39. The van der Waals surface area contributed by atoms with E-state index in [0.29, 0.717) is 0 Å². The minimum absolute atomic E-state index is 0.907. The summed E-state index contributed by atoms with van der Waals surface area (Å²) in [5.74, 6) is 0. The van der Waals surface area contributed by atoms with Crippen molar-refractivity contribution >= 4 is 13.5 Å². The molecule has 78 valence electrons. The Kier molecular flexibility index (Phi) is 4.36. The van der Waals surface area contributed by atoms with Crippen molar-refractivity contribution in [2.45, 2.75) is 32.9 Å². The van der Waals surface area contributed by atoms with Crippen LogP contribution in [0.25, 0.3) is 0 Å². The van der Waals surface area contributed by atoms with Gasteiger partial charge in [0.15, 0.2) is 0 Å². The van der Waals surface area contributed by atoms with Crippen molar-refractivity contribution in [1.29, 1.82) is 0 Å². The van der Waals surface area contributed by atoms with Gasteiger partial charge in [-0.2, -0.15) is 0 Å². The highest BCUT2D eigenvalue weighted by Crippen LogP contribution is 2.06. The zero-order valence-corrected chi connectivity index (χ0v) is 10.4. The Morgan fingerprint density at radius 2 is 1.79 bits per heavy atom. The third-order valence-corrected chi connectivity index (χ3v) is 5.08. The molecule has 1 rings (SSSR count). The topological polar surface area (TPSA) is 9.23 Å². The maximum absolute atomic E-state index is 5.99. The highest BCUT2D eigenvalue weighted by molar-refractivity contribution is 6.84. The molecule has 0 atom stereocenters. The average Bonchev–Trinajstić information content (AvgIpc) is 2.19. The normalized spacial score (nSPS) is 11.6. The van der Waals surface area contributed by atoms with Crippen LogP contribution < -0.4 is 5.19 Å². The van der Waals surface area contributed by atoms with Crippen LogP contribution in [0, 0.1) is 0 Å². The lowest BCUT2D eigenvalue weighted by atomic mass is 10.4. The average molecular weight is 208 g/mol. The summed E-state index contributed by atoms with van der Waals surface area (Å²) in [6.07, 6.45) is 2.38. The molecular formula is C12H20OSi. The molecule has 0 spiro atoms. The van der Waals surface area contributed by atoms with Crippen LogP contribution in [0.1, 0.15) is 19.8 Å². The van der Waals surface area contributed by atoms with Crippen LogP contribution in [-0.2, 0) is 4.43 Å². The minimum Gasteiger partial charge on any atom is -0.413 e. The highest BCUT2D eigenvalue weighted by Gasteiger charge is 2.24. The lowest BCUT2D eigenvalue weighted by Gasteiger charge is -2.23. The molecule has 0 unspecified atom stereocenters. The van der Waals surface area contributed by atoms with E-state index >= 15 is 0 Å². The Labute approximate surface area is 88.2 Å². The van der Waals surface area contributed by atoms with E-state index in [1.54, 1.807) is 0 Å². The predicted molar refractivity (Wildman–Crippen MR) is 64.4 cm³/mol. The van der Waals surface area contributed by atoms with Gasteiger partial charge in [-0.05, 0) is 24.7 Å². The lowest BCUT2D eigenvalue weighted by molar-refractivity contribution is 0.307. The van der Waals surface area contributed by atoms with Gasteiger partial charge in [-0.15, -0.1) is 0 Å². The summed E-state index contributed by atoms with van der Waals surface area (Å²) >= 11 is 0. The molecule has 0 amide bonds. The molecule has 2 heteroatoms. The molecule has 0 radical (unpaired) electrons. The van der Waals surface area contributed by atoms with Crippen LogP contribution in [0.2, 0.25) is 13.1 Å². The van der Waals surface area contributed by atoms with Gasteiger partial charge in [0.05, 0.1) is 0 Å². The maximum atomic E-state index is 5.99. The van der Waals surface area contributed by atoms with Crippen molar-refractivity contribution < 1.29 is 4.43 Å². The van der Waals surface area contributed by atoms with Crippen LogP contribution in [0.5, 0.6) is 0 Å². The van der Waals surface area contributed by atoms with Crippen molar-refractivity contribution in [3.63, 3.8) is 0 Å². The first-order valence-electron chi connectivity index (χ1n) is 5.36. The third kappa shape index (κ3) is 3.27. The molecule has 0 aliphatic rings. The smallest absolute Gasteiger partial charge is 0.218 e. The van der Waals surface area contributed by atoms with Crippen LogP contribution in [-0.4, -0.2) is 14.9 Å². The largest absolute Gasteiger partial charge is 0.413 e. The summed E-state index contributed by atoms with van der Waals surface area (Å²) in [6, 6.07) is 10.6. The first-order valence-corrected chi connectivity index (χ1v) is 8.27. The molecule has 14 heavy (non-hydrogen) atoms. The van der Waals surface area contributed by atoms with Gasteiger partial charge >= 0.3 is 0 Å². The Morgan fingerprint density at radius 1 is 1.14 bits per heavy atom. The van der Waals surface area contributed by atoms with Crippen molar-refractivity contribution in [3.8, 4) is 0 Å². The lowest BCUT2D eigenvalue weighted by Crippen LogP contribution is -2.44. The van der Waals surface area contributed by atoms with Crippen LogP contribution >= 0.6 is 0 Å². The molecule has 1 aromatic rings. The van der Waals surface area contributed by atoms with Crippen LogP contribution in [0.4, 0.5) is 0 Å². The number of unbranched alkanes of at least 4 members (excludes halogenated alkanes) is 1. The van der Waals surface area contributed by atoms with Crippen molar-refractivity contribution in [2.75, 3.05) is 6.61 Å². The standard InChI is InChI=1S/C12H20OSi/c1-4-5-11-13-14(2,3)12-9-7-6-8-10-12/h6-10H,4-5,11H2,1-3H3. The molecule has 0 aliphatic carbocycles. The van der Waals surface area contributed by atoms with E-state index in [9.17, 15) is 0 Å². The van der Waals surface area contributed by atoms with Crippen molar-refractivity contribution in [3.05, 3.63) is 30.3 Å². The van der Waals surface area contributed by atoms with E-state index in [1.165, 1.54) is 18.0 Å². The van der Waals surface area contributed by atoms with E-state index in [1.807, 2.05) is 0 Å². The van der Waals surface area contributed by atoms with Crippen molar-refractivity contribution in [1.82, 2.24) is 0 Å². The quantitative estimate of drug-likeness (QED) is 0.534. The highest BCUT2D eigenvalue weighted by atomic mass is 28.4. The summed E-state index contributed by atoms with van der Waals surface area (Å²) in [7, 11) is -1.62. The Bertz CT molecular complexity index is 256. The second kappa shape index (κ2) is 5.32. The number of hydrogen-bond acceptors (Lipinski definition) is 1. The van der Waals surface area contributed by atoms with E-state index < -0.39 is 8.32 Å². The Balaban J connectivity index is 2.56. The predicted octanol–water partition coefficient (Wildman–Crippen LogP) is 2.92. The summed E-state index contributed by atoms with van der Waals surface area (Å²) in [5.41, 5.74) is 0. The maximum Gasteiger partial charge on any atom is 0.218 e. The van der Waals surface area contributed by atoms with E-state index in [2.05, 4.69) is 50.3 Å². The molecule has 1 nitrogen and oxygen atoms in total. The van der Waals surface area contributed by atoms with Crippen LogP contribution in [0.15, 0.2) is 30.3 Å². The van der Waals surface area contributed by atoms with Crippen LogP contribution in [0.3, 0.4) is 0 Å². The minimum atomic E-state index is -1.62. The molecular weight excluding hydrogens is 188 g/mol. The zero-order valence-electron chi connectivity index (χ0n) is 9.42. The Morgan fingerprint density at radius 3 is 2.36 bits per heavy atom. The van der Waals surface area contributed by atoms with E-state index in [4.69, 9.17) is 4.43 Å².